The molecule has 0 aliphatic rings. The molecule has 1 N–H and O–H groups in total. The summed E-state index contributed by atoms with van der Waals surface area (Å²) in [5.74, 6) is 0.0502. The summed E-state index contributed by atoms with van der Waals surface area (Å²) in [4.78, 5) is 3.99. The third-order valence-corrected chi connectivity index (χ3v) is 3.94. The fraction of sp³-hybridized carbons (Fsp3) is 0.143. The van der Waals surface area contributed by atoms with Crippen LogP contribution in [0.4, 0.5) is 5.82 Å². The van der Waals surface area contributed by atoms with Crippen LogP contribution in [0, 0.1) is 18.3 Å². The summed E-state index contributed by atoms with van der Waals surface area (Å²) in [6.07, 6.45) is 1.52. The lowest BCUT2D eigenvalue weighted by molar-refractivity contribution is 0.600. The zero-order chi connectivity index (χ0) is 14.6. The van der Waals surface area contributed by atoms with Gasteiger partial charge in [0, 0.05) is 6.20 Å². The predicted molar refractivity (Wildman–Crippen MR) is 76.4 cm³/mol. The van der Waals surface area contributed by atoms with Gasteiger partial charge in [0.05, 0.1) is 17.4 Å². The van der Waals surface area contributed by atoms with Gasteiger partial charge in [0.2, 0.25) is 10.0 Å². The van der Waals surface area contributed by atoms with E-state index in [9.17, 15) is 8.42 Å². The number of nitrogens with zero attached hydrogens (tertiary/aromatic N) is 2. The van der Waals surface area contributed by atoms with Gasteiger partial charge in [-0.25, -0.2) is 13.4 Å². The van der Waals surface area contributed by atoms with Gasteiger partial charge in [0.15, 0.2) is 0 Å². The number of pyridine rings is 1. The molecule has 0 spiro atoms. The fourth-order valence-corrected chi connectivity index (χ4v) is 2.98. The molecule has 0 amide bonds. The first-order valence-electron chi connectivity index (χ1n) is 5.92. The zero-order valence-electron chi connectivity index (χ0n) is 10.9. The van der Waals surface area contributed by atoms with Gasteiger partial charge < -0.3 is 0 Å². The molecule has 5 nitrogen and oxygen atoms in total. The van der Waals surface area contributed by atoms with Crippen LogP contribution in [0.25, 0.3) is 0 Å². The highest BCUT2D eigenvalue weighted by Crippen LogP contribution is 2.16. The summed E-state index contributed by atoms with van der Waals surface area (Å²) in [5.41, 5.74) is 1.57. The number of anilines is 1. The molecule has 0 saturated heterocycles. The van der Waals surface area contributed by atoms with Crippen LogP contribution in [0.15, 0.2) is 42.6 Å². The third-order valence-electron chi connectivity index (χ3n) is 2.74. The quantitative estimate of drug-likeness (QED) is 0.934. The van der Waals surface area contributed by atoms with Crippen molar-refractivity contribution in [1.82, 2.24) is 4.98 Å². The standard InChI is InChI=1S/C14H13N3O2S/c1-11-5-4-8-16-14(11)17-20(18,19)10-13-7-3-2-6-12(13)9-15/h2-8H,10H2,1H3,(H,16,17). The Morgan fingerprint density at radius 1 is 1.25 bits per heavy atom. The van der Waals surface area contributed by atoms with Crippen LogP contribution in [0.1, 0.15) is 16.7 Å². The van der Waals surface area contributed by atoms with Crippen molar-refractivity contribution in [2.45, 2.75) is 12.7 Å². The van der Waals surface area contributed by atoms with Crippen LogP contribution >= 0.6 is 0 Å². The molecule has 20 heavy (non-hydrogen) atoms. The van der Waals surface area contributed by atoms with Crippen molar-refractivity contribution in [3.63, 3.8) is 0 Å². The predicted octanol–water partition coefficient (Wildman–Crippen LogP) is 2.20. The minimum absolute atomic E-state index is 0.257. The van der Waals surface area contributed by atoms with E-state index in [1.54, 1.807) is 43.3 Å². The van der Waals surface area contributed by atoms with Gasteiger partial charge in [-0.05, 0) is 30.2 Å². The fourth-order valence-electron chi connectivity index (χ4n) is 1.74. The van der Waals surface area contributed by atoms with Crippen molar-refractivity contribution in [2.24, 2.45) is 0 Å². The number of rotatable bonds is 4. The summed E-state index contributed by atoms with van der Waals surface area (Å²) in [6, 6.07) is 12.1. The Hall–Kier alpha value is -2.39. The Morgan fingerprint density at radius 2 is 2.00 bits per heavy atom. The molecule has 1 aromatic heterocycles. The molecule has 102 valence electrons. The van der Waals surface area contributed by atoms with E-state index in [0.717, 1.165) is 5.56 Å². The molecule has 0 radical (unpaired) electrons. The smallest absolute Gasteiger partial charge is 0.238 e. The van der Waals surface area contributed by atoms with Crippen molar-refractivity contribution in [1.29, 1.82) is 5.26 Å². The van der Waals surface area contributed by atoms with Gasteiger partial charge in [0.25, 0.3) is 0 Å². The Bertz CT molecular complexity index is 764. The average molecular weight is 287 g/mol. The van der Waals surface area contributed by atoms with E-state index in [2.05, 4.69) is 9.71 Å². The molecule has 0 fully saturated rings. The summed E-state index contributed by atoms with van der Waals surface area (Å²) in [6.45, 7) is 1.77. The molecule has 0 atom stereocenters. The molecule has 1 heterocycles. The number of hydrogen-bond acceptors (Lipinski definition) is 4. The summed E-state index contributed by atoms with van der Waals surface area (Å²) >= 11 is 0. The SMILES string of the molecule is Cc1cccnc1NS(=O)(=O)Cc1ccccc1C#N. The molecule has 0 unspecified atom stereocenters. The van der Waals surface area contributed by atoms with Gasteiger partial charge in [0.1, 0.15) is 5.82 Å². The molecule has 0 aliphatic carbocycles. The number of aromatic nitrogens is 1. The largest absolute Gasteiger partial charge is 0.267 e. The molecule has 0 aliphatic heterocycles. The summed E-state index contributed by atoms with van der Waals surface area (Å²) in [5, 5.41) is 8.97. The Morgan fingerprint density at radius 3 is 2.70 bits per heavy atom. The highest BCUT2D eigenvalue weighted by molar-refractivity contribution is 7.91. The second kappa shape index (κ2) is 5.72. The van der Waals surface area contributed by atoms with E-state index < -0.39 is 10.0 Å². The second-order valence-corrected chi connectivity index (χ2v) is 6.02. The van der Waals surface area contributed by atoms with Crippen molar-refractivity contribution in [3.05, 3.63) is 59.3 Å². The van der Waals surface area contributed by atoms with Crippen molar-refractivity contribution in [3.8, 4) is 6.07 Å². The number of aryl methyl sites for hydroxylation is 1. The van der Waals surface area contributed by atoms with E-state index in [1.807, 2.05) is 6.07 Å². The molecular formula is C14H13N3O2S. The first kappa shape index (κ1) is 14.0. The van der Waals surface area contributed by atoms with Crippen LogP contribution in [-0.4, -0.2) is 13.4 Å². The maximum atomic E-state index is 12.1. The first-order chi connectivity index (χ1) is 9.52. The van der Waals surface area contributed by atoms with E-state index >= 15 is 0 Å². The lowest BCUT2D eigenvalue weighted by Crippen LogP contribution is -2.17. The number of nitrogens with one attached hydrogen (secondary N) is 1. The van der Waals surface area contributed by atoms with Gasteiger partial charge in [-0.1, -0.05) is 24.3 Å². The molecular weight excluding hydrogens is 274 g/mol. The minimum Gasteiger partial charge on any atom is -0.267 e. The highest BCUT2D eigenvalue weighted by atomic mass is 32.2. The van der Waals surface area contributed by atoms with Gasteiger partial charge in [-0.2, -0.15) is 5.26 Å². The van der Waals surface area contributed by atoms with Crippen LogP contribution in [-0.2, 0) is 15.8 Å². The Labute approximate surface area is 118 Å². The lowest BCUT2D eigenvalue weighted by atomic mass is 10.1. The normalized spacial score (nSPS) is 10.8. The number of benzene rings is 1. The van der Waals surface area contributed by atoms with Crippen LogP contribution in [0.2, 0.25) is 0 Å². The molecule has 0 saturated carbocycles. The van der Waals surface area contributed by atoms with E-state index in [4.69, 9.17) is 5.26 Å². The number of sulfonamides is 1. The minimum atomic E-state index is -3.61. The molecule has 6 heteroatoms. The van der Waals surface area contributed by atoms with Crippen LogP contribution in [0.5, 0.6) is 0 Å². The van der Waals surface area contributed by atoms with E-state index in [-0.39, 0.29) is 5.75 Å². The molecule has 1 aromatic carbocycles. The van der Waals surface area contributed by atoms with Crippen molar-refractivity contribution >= 4 is 15.8 Å². The lowest BCUT2D eigenvalue weighted by Gasteiger charge is -2.10. The van der Waals surface area contributed by atoms with E-state index in [1.165, 1.54) is 6.20 Å². The molecule has 0 bridgehead atoms. The zero-order valence-corrected chi connectivity index (χ0v) is 11.7. The topological polar surface area (TPSA) is 82.8 Å². The van der Waals surface area contributed by atoms with E-state index in [0.29, 0.717) is 16.9 Å². The Kier molecular flexibility index (Phi) is 4.01. The Balaban J connectivity index is 2.25. The first-order valence-corrected chi connectivity index (χ1v) is 7.57. The second-order valence-electron chi connectivity index (χ2n) is 4.30. The third kappa shape index (κ3) is 3.33. The van der Waals surface area contributed by atoms with Gasteiger partial charge in [-0.3, -0.25) is 4.72 Å². The summed E-state index contributed by atoms with van der Waals surface area (Å²) < 4.78 is 26.7. The van der Waals surface area contributed by atoms with Gasteiger partial charge in [-0.15, -0.1) is 0 Å². The maximum absolute atomic E-state index is 12.1. The molecule has 2 aromatic rings. The number of hydrogen-bond donors (Lipinski definition) is 1. The molecule has 2 rings (SSSR count). The van der Waals surface area contributed by atoms with Crippen molar-refractivity contribution < 1.29 is 8.42 Å². The number of nitriles is 1. The summed E-state index contributed by atoms with van der Waals surface area (Å²) in [7, 11) is -3.61. The monoisotopic (exact) mass is 287 g/mol. The average Bonchev–Trinajstić information content (AvgIpc) is 2.41. The van der Waals surface area contributed by atoms with Crippen molar-refractivity contribution in [2.75, 3.05) is 4.72 Å². The maximum Gasteiger partial charge on any atom is 0.238 e. The van der Waals surface area contributed by atoms with Gasteiger partial charge >= 0.3 is 0 Å². The van der Waals surface area contributed by atoms with Crippen LogP contribution in [0.3, 0.4) is 0 Å². The highest BCUT2D eigenvalue weighted by Gasteiger charge is 2.15. The van der Waals surface area contributed by atoms with Crippen LogP contribution < -0.4 is 4.72 Å².